The van der Waals surface area contributed by atoms with E-state index in [1.165, 1.54) is 12.1 Å². The average Bonchev–Trinajstić information content (AvgIpc) is 3.19. The molecule has 2 heterocycles. The zero-order valence-electron chi connectivity index (χ0n) is 13.9. The number of aromatic nitrogens is 2. The highest BCUT2D eigenvalue weighted by atomic mass is 19.1. The van der Waals surface area contributed by atoms with E-state index in [9.17, 15) is 9.18 Å². The maximum absolute atomic E-state index is 13.2. The number of hydrogen-bond donors (Lipinski definition) is 1. The van der Waals surface area contributed by atoms with Gasteiger partial charge in [0.15, 0.2) is 0 Å². The molecule has 1 aliphatic rings. The molecular weight excluding hydrogens is 309 g/mol. The summed E-state index contributed by atoms with van der Waals surface area (Å²) in [5.74, 6) is -0.291. The number of rotatable bonds is 5. The number of halogens is 1. The Labute approximate surface area is 140 Å². The van der Waals surface area contributed by atoms with Crippen molar-refractivity contribution in [3.05, 3.63) is 53.6 Å². The van der Waals surface area contributed by atoms with E-state index < -0.39 is 6.10 Å². The van der Waals surface area contributed by atoms with Crippen LogP contribution in [0.2, 0.25) is 0 Å². The molecule has 0 unspecified atom stereocenters. The summed E-state index contributed by atoms with van der Waals surface area (Å²) in [4.78, 5) is 12.6. The molecular formula is C18H22FN3O2. The summed E-state index contributed by atoms with van der Waals surface area (Å²) in [6, 6.07) is 6.27. The third-order valence-corrected chi connectivity index (χ3v) is 4.51. The molecule has 6 heteroatoms. The average molecular weight is 331 g/mol. The summed E-state index contributed by atoms with van der Waals surface area (Å²) < 4.78 is 20.7. The molecule has 24 heavy (non-hydrogen) atoms. The normalized spacial score (nSPS) is 21.6. The highest BCUT2D eigenvalue weighted by Gasteiger charge is 2.35. The van der Waals surface area contributed by atoms with Crippen molar-refractivity contribution < 1.29 is 13.9 Å². The lowest BCUT2D eigenvalue weighted by Gasteiger charge is -2.22. The zero-order valence-corrected chi connectivity index (χ0v) is 13.9. The molecule has 1 amide bonds. The molecule has 1 fully saturated rings. The van der Waals surface area contributed by atoms with Gasteiger partial charge in [-0.2, -0.15) is 5.10 Å². The van der Waals surface area contributed by atoms with E-state index in [0.717, 1.165) is 17.5 Å². The summed E-state index contributed by atoms with van der Waals surface area (Å²) in [7, 11) is 0. The minimum absolute atomic E-state index is 0.103. The summed E-state index contributed by atoms with van der Waals surface area (Å²) in [5, 5.41) is 7.19. The molecule has 128 valence electrons. The van der Waals surface area contributed by atoms with Crippen LogP contribution < -0.4 is 5.32 Å². The fourth-order valence-electron chi connectivity index (χ4n) is 3.26. The Morgan fingerprint density at radius 2 is 2.38 bits per heavy atom. The van der Waals surface area contributed by atoms with E-state index in [2.05, 4.69) is 10.4 Å². The second-order valence-corrected chi connectivity index (χ2v) is 6.30. The molecule has 5 nitrogen and oxygen atoms in total. The van der Waals surface area contributed by atoms with Gasteiger partial charge in [0.2, 0.25) is 5.91 Å². The molecule has 0 bridgehead atoms. The van der Waals surface area contributed by atoms with Gasteiger partial charge in [0, 0.05) is 31.5 Å². The number of ether oxygens (including phenoxy) is 1. The van der Waals surface area contributed by atoms with Gasteiger partial charge < -0.3 is 10.1 Å². The lowest BCUT2D eigenvalue weighted by molar-refractivity contribution is -0.132. The highest BCUT2D eigenvalue weighted by molar-refractivity contribution is 5.81. The van der Waals surface area contributed by atoms with Crippen LogP contribution >= 0.6 is 0 Å². The van der Waals surface area contributed by atoms with E-state index in [1.807, 2.05) is 30.8 Å². The summed E-state index contributed by atoms with van der Waals surface area (Å²) in [6.07, 6.45) is 3.97. The highest BCUT2D eigenvalue weighted by Crippen LogP contribution is 2.24. The standard InChI is InChI=1S/C18H22FN3O2/c1-12-10-15(19)4-5-16(12)13(2)21-18(23)17-14(6-9-24-17)11-22-8-3-7-20-22/h3-5,7-8,10,13-14,17H,6,9,11H2,1-2H3,(H,21,23)/t13-,14+,17+/m0/s1. The predicted molar refractivity (Wildman–Crippen MR) is 87.8 cm³/mol. The van der Waals surface area contributed by atoms with Gasteiger partial charge in [-0.1, -0.05) is 6.07 Å². The molecule has 0 spiro atoms. The van der Waals surface area contributed by atoms with E-state index in [4.69, 9.17) is 4.74 Å². The molecule has 1 aliphatic heterocycles. The minimum Gasteiger partial charge on any atom is -0.368 e. The van der Waals surface area contributed by atoms with Gasteiger partial charge in [0.1, 0.15) is 11.9 Å². The van der Waals surface area contributed by atoms with Crippen molar-refractivity contribution in [1.82, 2.24) is 15.1 Å². The van der Waals surface area contributed by atoms with Crippen LogP contribution in [0.5, 0.6) is 0 Å². The Morgan fingerprint density at radius 3 is 3.08 bits per heavy atom. The summed E-state index contributed by atoms with van der Waals surface area (Å²) in [5.41, 5.74) is 1.73. The van der Waals surface area contributed by atoms with Crippen molar-refractivity contribution >= 4 is 5.91 Å². The largest absolute Gasteiger partial charge is 0.368 e. The van der Waals surface area contributed by atoms with E-state index in [0.29, 0.717) is 13.2 Å². The van der Waals surface area contributed by atoms with Gasteiger partial charge in [-0.25, -0.2) is 4.39 Å². The van der Waals surface area contributed by atoms with Crippen LogP contribution in [0.1, 0.15) is 30.5 Å². The first kappa shape index (κ1) is 16.6. The van der Waals surface area contributed by atoms with E-state index >= 15 is 0 Å². The van der Waals surface area contributed by atoms with Crippen molar-refractivity contribution in [2.24, 2.45) is 5.92 Å². The number of carbonyl (C=O) groups excluding carboxylic acids is 1. The maximum atomic E-state index is 13.2. The maximum Gasteiger partial charge on any atom is 0.249 e. The van der Waals surface area contributed by atoms with E-state index in [-0.39, 0.29) is 23.7 Å². The SMILES string of the molecule is Cc1cc(F)ccc1[C@H](C)NC(=O)[C@@H]1OCC[C@@H]1Cn1cccn1. The van der Waals surface area contributed by atoms with Crippen molar-refractivity contribution in [1.29, 1.82) is 0 Å². The smallest absolute Gasteiger partial charge is 0.249 e. The zero-order chi connectivity index (χ0) is 17.1. The number of hydrogen-bond acceptors (Lipinski definition) is 3. The second-order valence-electron chi connectivity index (χ2n) is 6.30. The number of aryl methyl sites for hydroxylation is 1. The summed E-state index contributed by atoms with van der Waals surface area (Å²) in [6.45, 7) is 4.98. The lowest BCUT2D eigenvalue weighted by atomic mass is 9.99. The molecule has 1 saturated heterocycles. The van der Waals surface area contributed by atoms with Crippen molar-refractivity contribution in [2.45, 2.75) is 39.0 Å². The van der Waals surface area contributed by atoms with Gasteiger partial charge in [-0.3, -0.25) is 9.48 Å². The van der Waals surface area contributed by atoms with Gasteiger partial charge in [-0.05, 0) is 49.6 Å². The Morgan fingerprint density at radius 1 is 1.54 bits per heavy atom. The van der Waals surface area contributed by atoms with Crippen LogP contribution in [-0.2, 0) is 16.1 Å². The first-order chi connectivity index (χ1) is 11.5. The third-order valence-electron chi connectivity index (χ3n) is 4.51. The topological polar surface area (TPSA) is 56.1 Å². The van der Waals surface area contributed by atoms with Crippen LogP contribution in [0.4, 0.5) is 4.39 Å². The molecule has 3 rings (SSSR count). The lowest BCUT2D eigenvalue weighted by Crippen LogP contribution is -2.40. The molecule has 2 aromatic rings. The number of benzene rings is 1. The van der Waals surface area contributed by atoms with Crippen molar-refractivity contribution in [3.8, 4) is 0 Å². The predicted octanol–water partition coefficient (Wildman–Crippen LogP) is 2.61. The van der Waals surface area contributed by atoms with Crippen LogP contribution in [0, 0.1) is 18.7 Å². The molecule has 1 aromatic heterocycles. The minimum atomic E-state index is -0.475. The number of carbonyl (C=O) groups is 1. The third kappa shape index (κ3) is 3.64. The second kappa shape index (κ2) is 7.13. The number of nitrogens with one attached hydrogen (secondary N) is 1. The summed E-state index contributed by atoms with van der Waals surface area (Å²) >= 11 is 0. The van der Waals surface area contributed by atoms with Gasteiger partial charge in [0.05, 0.1) is 6.04 Å². The van der Waals surface area contributed by atoms with Crippen molar-refractivity contribution in [3.63, 3.8) is 0 Å². The van der Waals surface area contributed by atoms with Crippen LogP contribution in [0.15, 0.2) is 36.7 Å². The van der Waals surface area contributed by atoms with Crippen LogP contribution in [0.25, 0.3) is 0 Å². The fourth-order valence-corrected chi connectivity index (χ4v) is 3.26. The van der Waals surface area contributed by atoms with Gasteiger partial charge in [-0.15, -0.1) is 0 Å². The molecule has 1 N–H and O–H groups in total. The molecule has 0 saturated carbocycles. The molecule has 0 radical (unpaired) electrons. The first-order valence-electron chi connectivity index (χ1n) is 8.20. The molecule has 1 aromatic carbocycles. The van der Waals surface area contributed by atoms with Crippen molar-refractivity contribution in [2.75, 3.05) is 6.61 Å². The van der Waals surface area contributed by atoms with Crippen LogP contribution in [-0.4, -0.2) is 28.4 Å². The number of amides is 1. The molecule has 3 atom stereocenters. The quantitative estimate of drug-likeness (QED) is 0.916. The Hall–Kier alpha value is -2.21. The van der Waals surface area contributed by atoms with Gasteiger partial charge >= 0.3 is 0 Å². The van der Waals surface area contributed by atoms with Crippen LogP contribution in [0.3, 0.4) is 0 Å². The monoisotopic (exact) mass is 331 g/mol. The number of nitrogens with zero attached hydrogens (tertiary/aromatic N) is 2. The van der Waals surface area contributed by atoms with E-state index in [1.54, 1.807) is 12.3 Å². The van der Waals surface area contributed by atoms with Gasteiger partial charge in [0.25, 0.3) is 0 Å². The first-order valence-corrected chi connectivity index (χ1v) is 8.20. The Kier molecular flexibility index (Phi) is 4.94. The Bertz CT molecular complexity index is 702. The molecule has 0 aliphatic carbocycles. The fraction of sp³-hybridized carbons (Fsp3) is 0.444. The Balaban J connectivity index is 1.64.